The maximum atomic E-state index is 8.66. The molecule has 1 aromatic heterocycles. The number of nitrogens with two attached hydrogens (primary N) is 1. The Balaban J connectivity index is 1.94. The number of rotatable bonds is 3. The van der Waals surface area contributed by atoms with Crippen LogP contribution in [0.2, 0.25) is 5.02 Å². The van der Waals surface area contributed by atoms with Crippen molar-refractivity contribution in [3.05, 3.63) is 46.7 Å². The summed E-state index contributed by atoms with van der Waals surface area (Å²) in [5.41, 5.74) is 8.01. The summed E-state index contributed by atoms with van der Waals surface area (Å²) in [4.78, 5) is 0. The van der Waals surface area contributed by atoms with E-state index in [0.717, 1.165) is 11.4 Å². The average Bonchev–Trinajstić information content (AvgIpc) is 3.15. The molecule has 0 unspecified atom stereocenters. The Morgan fingerprint density at radius 1 is 1.42 bits per heavy atom. The number of benzene rings is 1. The van der Waals surface area contributed by atoms with E-state index < -0.39 is 0 Å². The van der Waals surface area contributed by atoms with Gasteiger partial charge < -0.3 is 10.9 Å². The van der Waals surface area contributed by atoms with Crippen molar-refractivity contribution in [3.8, 4) is 5.69 Å². The zero-order chi connectivity index (χ0) is 13.4. The molecule has 1 saturated carbocycles. The summed E-state index contributed by atoms with van der Waals surface area (Å²) < 4.78 is 1.79. The van der Waals surface area contributed by atoms with Gasteiger partial charge in [0.2, 0.25) is 0 Å². The minimum atomic E-state index is -0.00400. The fraction of sp³-hybridized carbons (Fsp3) is 0.231. The third-order valence-corrected chi connectivity index (χ3v) is 3.52. The van der Waals surface area contributed by atoms with Crippen molar-refractivity contribution in [1.29, 1.82) is 0 Å². The largest absolute Gasteiger partial charge is 0.409 e. The first-order chi connectivity index (χ1) is 9.19. The fourth-order valence-corrected chi connectivity index (χ4v) is 2.26. The van der Waals surface area contributed by atoms with Gasteiger partial charge >= 0.3 is 0 Å². The Hall–Kier alpha value is -2.01. The number of oxime groups is 1. The van der Waals surface area contributed by atoms with Crippen LogP contribution in [0.15, 0.2) is 35.6 Å². The molecule has 1 aliphatic carbocycles. The van der Waals surface area contributed by atoms with Gasteiger partial charge in [-0.05, 0) is 37.1 Å². The smallest absolute Gasteiger partial charge is 0.171 e. The first-order valence-corrected chi connectivity index (χ1v) is 6.40. The highest BCUT2D eigenvalue weighted by atomic mass is 35.5. The molecule has 0 amide bonds. The predicted octanol–water partition coefficient (Wildman–Crippen LogP) is 2.50. The van der Waals surface area contributed by atoms with Crippen molar-refractivity contribution < 1.29 is 5.21 Å². The van der Waals surface area contributed by atoms with Crippen LogP contribution in [0.1, 0.15) is 30.0 Å². The van der Waals surface area contributed by atoms with Crippen LogP contribution in [-0.4, -0.2) is 20.8 Å². The van der Waals surface area contributed by atoms with E-state index in [1.165, 1.54) is 12.8 Å². The number of hydrogen-bond acceptors (Lipinski definition) is 3. The molecule has 6 heteroatoms. The normalized spacial score (nSPS) is 15.7. The van der Waals surface area contributed by atoms with Gasteiger partial charge in [-0.1, -0.05) is 16.8 Å². The van der Waals surface area contributed by atoms with Gasteiger partial charge in [0, 0.05) is 17.7 Å². The second kappa shape index (κ2) is 4.59. The molecule has 0 saturated heterocycles. The molecule has 3 N–H and O–H groups in total. The average molecular weight is 277 g/mol. The summed E-state index contributed by atoms with van der Waals surface area (Å²) in [5, 5.41) is 16.6. The summed E-state index contributed by atoms with van der Waals surface area (Å²) in [7, 11) is 0. The second-order valence-corrected chi connectivity index (χ2v) is 5.02. The quantitative estimate of drug-likeness (QED) is 0.391. The van der Waals surface area contributed by atoms with Gasteiger partial charge in [-0.25, -0.2) is 4.68 Å². The van der Waals surface area contributed by atoms with E-state index in [2.05, 4.69) is 10.3 Å². The van der Waals surface area contributed by atoms with Crippen LogP contribution in [-0.2, 0) is 0 Å². The Morgan fingerprint density at radius 2 is 2.21 bits per heavy atom. The highest BCUT2D eigenvalue weighted by Crippen LogP contribution is 2.39. The molecule has 1 aliphatic rings. The number of halogens is 1. The number of aromatic nitrogens is 2. The van der Waals surface area contributed by atoms with E-state index in [0.29, 0.717) is 16.5 Å². The SMILES string of the molecule is N/C(=N/O)c1ccc(-n2ccc(C3CC3)n2)cc1Cl. The van der Waals surface area contributed by atoms with Crippen LogP contribution in [0.25, 0.3) is 5.69 Å². The van der Waals surface area contributed by atoms with Crippen LogP contribution in [0.4, 0.5) is 0 Å². The first-order valence-electron chi connectivity index (χ1n) is 6.02. The number of nitrogens with zero attached hydrogens (tertiary/aromatic N) is 3. The van der Waals surface area contributed by atoms with Gasteiger partial charge in [0.1, 0.15) is 0 Å². The second-order valence-electron chi connectivity index (χ2n) is 4.61. The lowest BCUT2D eigenvalue weighted by atomic mass is 10.2. The molecule has 0 radical (unpaired) electrons. The molecular formula is C13H13ClN4O. The van der Waals surface area contributed by atoms with Crippen LogP contribution in [0, 0.1) is 0 Å². The topological polar surface area (TPSA) is 76.4 Å². The molecular weight excluding hydrogens is 264 g/mol. The molecule has 0 spiro atoms. The molecule has 19 heavy (non-hydrogen) atoms. The van der Waals surface area contributed by atoms with E-state index in [1.54, 1.807) is 16.8 Å². The van der Waals surface area contributed by atoms with Crippen LogP contribution in [0.5, 0.6) is 0 Å². The van der Waals surface area contributed by atoms with E-state index in [9.17, 15) is 0 Å². The van der Waals surface area contributed by atoms with Gasteiger partial charge in [-0.2, -0.15) is 5.10 Å². The Labute approximate surface area is 115 Å². The predicted molar refractivity (Wildman–Crippen MR) is 73.1 cm³/mol. The highest BCUT2D eigenvalue weighted by Gasteiger charge is 2.25. The van der Waals surface area contributed by atoms with Crippen LogP contribution in [0.3, 0.4) is 0 Å². The summed E-state index contributed by atoms with van der Waals surface area (Å²) in [6.07, 6.45) is 4.36. The number of amidine groups is 1. The molecule has 3 rings (SSSR count). The third-order valence-electron chi connectivity index (χ3n) is 3.21. The minimum absolute atomic E-state index is 0.00400. The van der Waals surface area contributed by atoms with E-state index in [1.807, 2.05) is 18.3 Å². The Morgan fingerprint density at radius 3 is 2.84 bits per heavy atom. The summed E-state index contributed by atoms with van der Waals surface area (Å²) >= 11 is 6.12. The van der Waals surface area contributed by atoms with Crippen molar-refractivity contribution >= 4 is 17.4 Å². The molecule has 1 aromatic carbocycles. The van der Waals surface area contributed by atoms with Crippen LogP contribution < -0.4 is 5.73 Å². The van der Waals surface area contributed by atoms with Gasteiger partial charge in [0.05, 0.1) is 16.4 Å². The maximum Gasteiger partial charge on any atom is 0.171 e. The molecule has 0 atom stereocenters. The van der Waals surface area contributed by atoms with E-state index in [4.69, 9.17) is 22.5 Å². The molecule has 0 bridgehead atoms. The standard InChI is InChI=1S/C13H13ClN4O/c14-11-7-9(3-4-10(11)13(15)17-19)18-6-5-12(16-18)8-1-2-8/h3-8,19H,1-2H2,(H2,15,17). The van der Waals surface area contributed by atoms with Gasteiger partial charge in [-0.15, -0.1) is 0 Å². The van der Waals surface area contributed by atoms with Crippen molar-refractivity contribution in [2.24, 2.45) is 10.9 Å². The number of hydrogen-bond donors (Lipinski definition) is 2. The first kappa shape index (κ1) is 12.0. The lowest BCUT2D eigenvalue weighted by Gasteiger charge is -2.06. The van der Waals surface area contributed by atoms with Crippen molar-refractivity contribution in [3.63, 3.8) is 0 Å². The van der Waals surface area contributed by atoms with Gasteiger partial charge in [0.15, 0.2) is 5.84 Å². The minimum Gasteiger partial charge on any atom is -0.409 e. The Bertz CT molecular complexity index is 646. The van der Waals surface area contributed by atoms with Gasteiger partial charge in [0.25, 0.3) is 0 Å². The molecule has 98 valence electrons. The maximum absolute atomic E-state index is 8.66. The van der Waals surface area contributed by atoms with E-state index >= 15 is 0 Å². The van der Waals surface area contributed by atoms with E-state index in [-0.39, 0.29) is 5.84 Å². The Kier molecular flexibility index (Phi) is 2.91. The highest BCUT2D eigenvalue weighted by molar-refractivity contribution is 6.34. The summed E-state index contributed by atoms with van der Waals surface area (Å²) in [5.74, 6) is 0.615. The van der Waals surface area contributed by atoms with Crippen molar-refractivity contribution in [2.45, 2.75) is 18.8 Å². The van der Waals surface area contributed by atoms with Crippen LogP contribution >= 0.6 is 11.6 Å². The fourth-order valence-electron chi connectivity index (χ4n) is 1.99. The molecule has 1 fully saturated rings. The summed E-state index contributed by atoms with van der Waals surface area (Å²) in [6, 6.07) is 7.33. The van der Waals surface area contributed by atoms with Crippen molar-refractivity contribution in [2.75, 3.05) is 0 Å². The lowest BCUT2D eigenvalue weighted by molar-refractivity contribution is 0.318. The zero-order valence-electron chi connectivity index (χ0n) is 10.1. The monoisotopic (exact) mass is 276 g/mol. The van der Waals surface area contributed by atoms with Gasteiger partial charge in [-0.3, -0.25) is 0 Å². The third kappa shape index (κ3) is 2.29. The summed E-state index contributed by atoms with van der Waals surface area (Å²) in [6.45, 7) is 0. The molecule has 0 aliphatic heterocycles. The zero-order valence-corrected chi connectivity index (χ0v) is 10.9. The molecule has 2 aromatic rings. The molecule has 1 heterocycles. The van der Waals surface area contributed by atoms with Crippen molar-refractivity contribution in [1.82, 2.24) is 9.78 Å². The lowest BCUT2D eigenvalue weighted by Crippen LogP contribution is -2.13. The molecule has 5 nitrogen and oxygen atoms in total.